The van der Waals surface area contributed by atoms with Crippen molar-refractivity contribution in [1.82, 2.24) is 0 Å². The lowest BCUT2D eigenvalue weighted by Crippen LogP contribution is -2.31. The van der Waals surface area contributed by atoms with Crippen LogP contribution in [0.4, 0.5) is 11.4 Å². The predicted molar refractivity (Wildman–Crippen MR) is 480 cm³/mol. The van der Waals surface area contributed by atoms with Crippen molar-refractivity contribution in [1.29, 1.82) is 0 Å². The van der Waals surface area contributed by atoms with Crippen LogP contribution in [-0.4, -0.2) is 196 Å². The van der Waals surface area contributed by atoms with Gasteiger partial charge < -0.3 is 76.1 Å². The molecule has 0 saturated carbocycles. The highest BCUT2D eigenvalue weighted by molar-refractivity contribution is 6.01. The first-order valence-corrected chi connectivity index (χ1v) is 44.3. The van der Waals surface area contributed by atoms with E-state index < -0.39 is 24.2 Å². The van der Waals surface area contributed by atoms with Crippen molar-refractivity contribution in [2.45, 2.75) is 234 Å². The van der Waals surface area contributed by atoms with E-state index in [0.717, 1.165) is 85.1 Å². The van der Waals surface area contributed by atoms with Gasteiger partial charge in [0.15, 0.2) is 0 Å². The fourth-order valence-corrected chi connectivity index (χ4v) is 14.5. The maximum absolute atomic E-state index is 12.3. The maximum Gasteiger partial charge on any atom is 0.340 e. The molecule has 7 aliphatic heterocycles. The van der Waals surface area contributed by atoms with Gasteiger partial charge in [-0.15, -0.1) is 0 Å². The lowest BCUT2D eigenvalue weighted by molar-refractivity contribution is -0.159. The fourth-order valence-electron chi connectivity index (χ4n) is 14.5. The molecular formula is C102H132N2O19. The van der Waals surface area contributed by atoms with Crippen LogP contribution in [0.1, 0.15) is 242 Å². The van der Waals surface area contributed by atoms with Gasteiger partial charge in [0.25, 0.3) is 0 Å². The van der Waals surface area contributed by atoms with Crippen LogP contribution >= 0.6 is 0 Å². The summed E-state index contributed by atoms with van der Waals surface area (Å²) < 4.78 is 72.9. The van der Waals surface area contributed by atoms with E-state index in [9.17, 15) is 24.0 Å². The number of anilines is 2. The molecule has 7 saturated heterocycles. The first-order chi connectivity index (χ1) is 58.8. The summed E-state index contributed by atoms with van der Waals surface area (Å²) in [6.45, 7) is 47.9. The molecule has 21 heteroatoms. The molecule has 12 unspecified atom stereocenters. The van der Waals surface area contributed by atoms with Gasteiger partial charge in [0, 0.05) is 50.8 Å². The van der Waals surface area contributed by atoms with Gasteiger partial charge in [0.2, 0.25) is 6.29 Å². The van der Waals surface area contributed by atoms with Gasteiger partial charge in [-0.25, -0.2) is 19.2 Å². The zero-order valence-electron chi connectivity index (χ0n) is 75.7. The van der Waals surface area contributed by atoms with Crippen LogP contribution in [0.5, 0.6) is 0 Å². The second-order valence-electron chi connectivity index (χ2n) is 35.8. The van der Waals surface area contributed by atoms with Crippen molar-refractivity contribution < 1.29 is 90.3 Å². The monoisotopic (exact) mass is 1690 g/mol. The van der Waals surface area contributed by atoms with Crippen molar-refractivity contribution in [3.63, 3.8) is 0 Å². The minimum absolute atomic E-state index is 0.00618. The Balaban J connectivity index is 0.000000147. The molecule has 21 nitrogen and oxygen atoms in total. The first kappa shape index (κ1) is 94.5. The number of carbonyl (C=O) groups is 5. The zero-order chi connectivity index (χ0) is 88.3. The van der Waals surface area contributed by atoms with Crippen molar-refractivity contribution >= 4 is 62.8 Å². The Morgan fingerprint density at radius 3 is 0.992 bits per heavy atom. The van der Waals surface area contributed by atoms with Crippen molar-refractivity contribution in [3.8, 4) is 0 Å². The molecule has 8 aromatic carbocycles. The number of carbonyl (C=O) groups excluding carboxylic acids is 5. The van der Waals surface area contributed by atoms with Crippen molar-refractivity contribution in [3.05, 3.63) is 225 Å². The van der Waals surface area contributed by atoms with E-state index in [0.29, 0.717) is 73.5 Å². The lowest BCUT2D eigenvalue weighted by atomic mass is 9.82. The highest BCUT2D eigenvalue weighted by Crippen LogP contribution is 2.47. The molecule has 0 amide bonds. The third-order valence-electron chi connectivity index (χ3n) is 23.5. The first-order valence-electron chi connectivity index (χ1n) is 44.3. The summed E-state index contributed by atoms with van der Waals surface area (Å²) >= 11 is 0. The fraction of sp³-hybridized carbons (Fsp3) is 0.520. The highest BCUT2D eigenvalue weighted by atomic mass is 16.7. The van der Waals surface area contributed by atoms with Crippen molar-refractivity contribution in [2.24, 2.45) is 5.41 Å². The summed E-state index contributed by atoms with van der Waals surface area (Å²) in [4.78, 5) is 64.9. The number of nitrogens with zero attached hydrogens (tertiary/aromatic N) is 2. The number of esters is 5. The topological polar surface area (TPSA) is 244 Å². The number of benzene rings is 8. The molecule has 7 fully saturated rings. The van der Waals surface area contributed by atoms with E-state index >= 15 is 0 Å². The van der Waals surface area contributed by atoms with Crippen LogP contribution in [0.25, 0.3) is 21.5 Å². The second-order valence-corrected chi connectivity index (χ2v) is 35.8. The molecular weight excluding hydrogens is 1560 g/mol. The quantitative estimate of drug-likeness (QED) is 0.0170. The van der Waals surface area contributed by atoms with E-state index in [2.05, 4.69) is 180 Å². The largest absolute Gasteiger partial charge is 0.463 e. The van der Waals surface area contributed by atoms with Crippen LogP contribution in [0, 0.1) is 5.41 Å². The van der Waals surface area contributed by atoms with E-state index in [-0.39, 0.29) is 89.3 Å². The highest BCUT2D eigenvalue weighted by Gasteiger charge is 2.36. The van der Waals surface area contributed by atoms with Crippen LogP contribution in [0.3, 0.4) is 0 Å². The molecule has 664 valence electrons. The average Bonchev–Trinajstić information content (AvgIpc) is 1.61. The van der Waals surface area contributed by atoms with E-state index in [1.807, 2.05) is 93.5 Å². The third-order valence-corrected chi connectivity index (χ3v) is 23.5. The van der Waals surface area contributed by atoms with Crippen LogP contribution in [0.2, 0.25) is 0 Å². The van der Waals surface area contributed by atoms with Gasteiger partial charge in [-0.05, 0) is 233 Å². The molecule has 2 aliphatic carbocycles. The molecule has 12 atom stereocenters. The van der Waals surface area contributed by atoms with Gasteiger partial charge in [0.1, 0.15) is 38.1 Å². The van der Waals surface area contributed by atoms with Gasteiger partial charge in [-0.2, -0.15) is 0 Å². The maximum atomic E-state index is 12.3. The molecule has 0 spiro atoms. The molecule has 0 aromatic heterocycles. The van der Waals surface area contributed by atoms with Gasteiger partial charge in [-0.1, -0.05) is 165 Å². The Kier molecular flexibility index (Phi) is 33.6. The van der Waals surface area contributed by atoms with Gasteiger partial charge in [0.05, 0.1) is 110 Å². The molecule has 8 aromatic rings. The average molecular weight is 1690 g/mol. The van der Waals surface area contributed by atoms with Crippen LogP contribution in [-0.2, 0) is 82.9 Å². The van der Waals surface area contributed by atoms with Crippen molar-refractivity contribution in [2.75, 3.05) is 115 Å². The summed E-state index contributed by atoms with van der Waals surface area (Å²) in [5.74, 6) is 0.266. The SMILES string of the molecule is CC1c2cccc3cccc(c23)C1C.CC1c2cccc3cccc(c23)C1C.CCC(C)(C)C(=O)OC(C)C.CCC(C)(C)c1ccc(C(=O)OC(C)OC(C)(C)C)cc1.CCOCC.O=C(OCC1CO1)c1cc(C(=O)OCC2CO2)cc(C(=O)OCC2CO2)c1.c1cc(N(CC2CO2)CC2CO2)ccc1Cc1ccc(N(CC2CO2)CC2CO2)cc1. The lowest BCUT2D eigenvalue weighted by Gasteiger charge is -2.25. The minimum Gasteiger partial charge on any atom is -0.463 e. The summed E-state index contributed by atoms with van der Waals surface area (Å²) in [6, 6.07) is 56.2. The summed E-state index contributed by atoms with van der Waals surface area (Å²) in [6.07, 6.45) is 3.49. The number of ether oxygens (including phenoxy) is 14. The smallest absolute Gasteiger partial charge is 0.340 e. The normalized spacial score (nSPS) is 21.7. The predicted octanol–water partition coefficient (Wildman–Crippen LogP) is 19.1. The second kappa shape index (κ2) is 43.7. The standard InChI is InChI=1S/C25H30N2O4.C18H18O9.C18H28O3.2C14H14.C9H18O2.C4H10O/c1-5-20(26(10-22-14-28-22)11-23-15-29-23)6-2-18(1)9-19-3-7-21(8-4-19)27(12-24-16-30-24)13-25-17-31-25;19-16(25-7-13-4-22-13)10-1-11(17(20)26-8-14-5-23-14)3-12(2-10)18(21)27-9-15-6-24-15;1-8-18(6,7)15-11-9-14(10-12-15)16(19)20-13(2)21-17(3,4)5;2*1-9-10(2)13-8-4-6-11-5-3-7-12(9)14(11)13;1-6-9(4,5)8(10)11-7(2)3;1-3-5-4-2/h1-8,22-25H,9-17H2;1-3,13-15H,4-9H2;9-13H,8H2,1-7H3;2*3-10H,1-2H3;7H,6H2,1-5H3;3-4H2,1-2H3. The molecule has 0 radical (unpaired) electrons. The van der Waals surface area contributed by atoms with Crippen LogP contribution in [0.15, 0.2) is 164 Å². The molecule has 0 N–H and O–H groups in total. The Morgan fingerprint density at radius 2 is 0.724 bits per heavy atom. The number of hydrogen-bond donors (Lipinski definition) is 0. The summed E-state index contributed by atoms with van der Waals surface area (Å²) in [5.41, 5.74) is 12.7. The van der Waals surface area contributed by atoms with E-state index in [1.165, 1.54) is 90.1 Å². The summed E-state index contributed by atoms with van der Waals surface area (Å²) in [7, 11) is 0. The third kappa shape index (κ3) is 29.2. The van der Waals surface area contributed by atoms with E-state index in [4.69, 9.17) is 66.3 Å². The van der Waals surface area contributed by atoms with E-state index in [1.54, 1.807) is 6.92 Å². The van der Waals surface area contributed by atoms with Gasteiger partial charge in [-0.3, -0.25) is 4.79 Å². The number of hydrogen-bond acceptors (Lipinski definition) is 21. The Hall–Kier alpha value is -9.13. The Labute approximate surface area is 728 Å². The number of rotatable bonds is 31. The number of epoxide rings is 7. The zero-order valence-corrected chi connectivity index (χ0v) is 75.7. The van der Waals surface area contributed by atoms with Crippen LogP contribution < -0.4 is 9.80 Å². The molecule has 0 bridgehead atoms. The van der Waals surface area contributed by atoms with Gasteiger partial charge >= 0.3 is 29.8 Å². The Morgan fingerprint density at radius 1 is 0.398 bits per heavy atom. The molecule has 9 aliphatic rings. The minimum atomic E-state index is -0.662. The molecule has 123 heavy (non-hydrogen) atoms. The summed E-state index contributed by atoms with van der Waals surface area (Å²) in [5, 5.41) is 5.82. The Bertz CT molecular complexity index is 4360. The molecule has 17 rings (SSSR count). The molecule has 7 heterocycles.